The lowest BCUT2D eigenvalue weighted by Crippen LogP contribution is -2.42. The number of hydrogen-bond donors (Lipinski definition) is 0. The quantitative estimate of drug-likeness (QED) is 0.403. The van der Waals surface area contributed by atoms with Gasteiger partial charge in [0.2, 0.25) is 0 Å². The van der Waals surface area contributed by atoms with Crippen LogP contribution in [0.2, 0.25) is 0 Å². The molecule has 0 amide bonds. The molecule has 0 N–H and O–H groups in total. The molecule has 2 aliphatic rings. The van der Waals surface area contributed by atoms with E-state index in [9.17, 15) is 9.59 Å². The maximum absolute atomic E-state index is 12.0. The number of ether oxygens (including phenoxy) is 2. The Hall–Kier alpha value is 0.260. The zero-order valence-corrected chi connectivity index (χ0v) is 16.2. The van der Waals surface area contributed by atoms with Crippen molar-refractivity contribution in [2.24, 2.45) is 0 Å². The minimum absolute atomic E-state index is 0.109. The Balaban J connectivity index is 1.86. The van der Waals surface area contributed by atoms with Crippen LogP contribution in [-0.4, -0.2) is 84.4 Å². The van der Waals surface area contributed by atoms with Gasteiger partial charge in [0.25, 0.3) is 0 Å². The van der Waals surface area contributed by atoms with Crippen molar-refractivity contribution in [3.05, 3.63) is 0 Å². The Kier molecular flexibility index (Phi) is 7.09. The van der Waals surface area contributed by atoms with E-state index >= 15 is 0 Å². The molecule has 22 heavy (non-hydrogen) atoms. The van der Waals surface area contributed by atoms with E-state index in [1.54, 1.807) is 21.6 Å². The Morgan fingerprint density at radius 1 is 0.818 bits per heavy atom. The molecule has 2 heterocycles. The molecule has 6 nitrogen and oxygen atoms in total. The summed E-state index contributed by atoms with van der Waals surface area (Å²) in [5.41, 5.74) is -0.675. The normalized spacial score (nSPS) is 31.7. The van der Waals surface area contributed by atoms with Crippen molar-refractivity contribution in [1.29, 1.82) is 0 Å². The van der Waals surface area contributed by atoms with Gasteiger partial charge in [-0.3, -0.25) is 0 Å². The Bertz CT molecular complexity index is 386. The molecule has 0 radical (unpaired) electrons. The second kappa shape index (κ2) is 8.39. The number of nitrogens with zero attached hydrogens (tertiary/aromatic N) is 2. The first kappa shape index (κ1) is 18.6. The number of rotatable bonds is 4. The average molecular weight is 385 g/mol. The highest BCUT2D eigenvalue weighted by atomic mass is 33.1. The molecule has 0 saturated carbocycles. The van der Waals surface area contributed by atoms with Crippen LogP contribution in [0.25, 0.3) is 0 Å². The van der Waals surface area contributed by atoms with Gasteiger partial charge >= 0.3 is 11.9 Å². The van der Waals surface area contributed by atoms with Gasteiger partial charge in [0, 0.05) is 11.5 Å². The van der Waals surface area contributed by atoms with Crippen LogP contribution in [0.15, 0.2) is 0 Å². The Morgan fingerprint density at radius 3 is 1.50 bits per heavy atom. The summed E-state index contributed by atoms with van der Waals surface area (Å²) in [7, 11) is 14.0. The van der Waals surface area contributed by atoms with E-state index in [0.717, 1.165) is 11.5 Å². The van der Waals surface area contributed by atoms with Crippen LogP contribution < -0.4 is 0 Å². The maximum atomic E-state index is 12.0. The fourth-order valence-corrected chi connectivity index (χ4v) is 8.13. The molecule has 126 valence electrons. The molecule has 0 aromatic rings. The van der Waals surface area contributed by atoms with Gasteiger partial charge in [0.1, 0.15) is 0 Å². The first-order chi connectivity index (χ1) is 10.4. The third kappa shape index (κ3) is 4.64. The first-order valence-corrected chi connectivity index (χ1v) is 11.5. The van der Waals surface area contributed by atoms with E-state index in [2.05, 4.69) is 0 Å². The van der Waals surface area contributed by atoms with E-state index in [1.807, 2.05) is 38.0 Å². The summed E-state index contributed by atoms with van der Waals surface area (Å²) in [6.07, 6.45) is 0. The molecule has 0 aromatic carbocycles. The van der Waals surface area contributed by atoms with Crippen molar-refractivity contribution < 1.29 is 19.1 Å². The lowest BCUT2D eigenvalue weighted by Gasteiger charge is -2.25. The molecule has 2 aliphatic heterocycles. The predicted octanol–water partition coefficient (Wildman–Crippen LogP) is 1.38. The monoisotopic (exact) mass is 384 g/mol. The summed E-state index contributed by atoms with van der Waals surface area (Å²) < 4.78 is 10.6. The highest BCUT2D eigenvalue weighted by molar-refractivity contribution is 8.77. The number of likely N-dealkylation sites (N-methyl/N-ethyl adjacent to an activating group) is 2. The van der Waals surface area contributed by atoms with Crippen molar-refractivity contribution in [3.8, 4) is 0 Å². The lowest BCUT2D eigenvalue weighted by atomic mass is 10.3. The Labute approximate surface area is 146 Å². The van der Waals surface area contributed by atoms with E-state index in [4.69, 9.17) is 9.47 Å². The van der Waals surface area contributed by atoms with E-state index in [0.29, 0.717) is 0 Å². The minimum atomic E-state index is -0.901. The standard InChI is InChI=1S/C12H20N2O4S4/c1-13(2)7-5-19-21-11(7)17-9(15)10(16)18-12-8(14(3)4)6-20-22-12/h7-8,11-12H,5-6H2,1-4H3. The van der Waals surface area contributed by atoms with Gasteiger partial charge in [-0.2, -0.15) is 0 Å². The van der Waals surface area contributed by atoms with Crippen molar-refractivity contribution in [1.82, 2.24) is 9.80 Å². The van der Waals surface area contributed by atoms with Gasteiger partial charge in [-0.1, -0.05) is 21.6 Å². The molecule has 2 rings (SSSR count). The molecular weight excluding hydrogens is 364 g/mol. The first-order valence-electron chi connectivity index (χ1n) is 6.71. The largest absolute Gasteiger partial charge is 0.440 e. The van der Waals surface area contributed by atoms with Crippen LogP contribution in [-0.2, 0) is 19.1 Å². The summed E-state index contributed by atoms with van der Waals surface area (Å²) in [6.45, 7) is 0. The Morgan fingerprint density at radius 2 is 1.18 bits per heavy atom. The van der Waals surface area contributed by atoms with Gasteiger partial charge in [0.15, 0.2) is 10.9 Å². The molecule has 10 heteroatoms. The molecule has 4 atom stereocenters. The van der Waals surface area contributed by atoms with Gasteiger partial charge in [0.05, 0.1) is 12.1 Å². The van der Waals surface area contributed by atoms with Gasteiger partial charge in [-0.15, -0.1) is 0 Å². The maximum Gasteiger partial charge on any atom is 0.418 e. The highest BCUT2D eigenvalue weighted by Crippen LogP contribution is 2.41. The minimum Gasteiger partial charge on any atom is -0.440 e. The number of carbonyl (C=O) groups is 2. The second-order valence-electron chi connectivity index (χ2n) is 5.37. The SMILES string of the molecule is CN(C)C1CSSC1OC(=O)C(=O)OC1SSCC1N(C)C. The molecule has 4 unspecified atom stereocenters. The number of carbonyl (C=O) groups excluding carboxylic acids is 2. The van der Waals surface area contributed by atoms with Crippen molar-refractivity contribution in [2.45, 2.75) is 23.0 Å². The summed E-state index contributed by atoms with van der Waals surface area (Å²) in [6, 6.07) is 0.218. The summed E-state index contributed by atoms with van der Waals surface area (Å²) >= 11 is 0. The third-order valence-electron chi connectivity index (χ3n) is 3.37. The van der Waals surface area contributed by atoms with Crippen LogP contribution in [0.4, 0.5) is 0 Å². The lowest BCUT2D eigenvalue weighted by molar-refractivity contribution is -0.171. The van der Waals surface area contributed by atoms with Gasteiger partial charge < -0.3 is 19.3 Å². The van der Waals surface area contributed by atoms with Gasteiger partial charge in [-0.05, 0) is 49.8 Å². The molecular formula is C12H20N2O4S4. The smallest absolute Gasteiger partial charge is 0.418 e. The second-order valence-corrected chi connectivity index (χ2v) is 10.4. The van der Waals surface area contributed by atoms with Crippen molar-refractivity contribution >= 4 is 55.1 Å². The van der Waals surface area contributed by atoms with Crippen LogP contribution in [0.5, 0.6) is 0 Å². The molecule has 2 saturated heterocycles. The predicted molar refractivity (Wildman–Crippen MR) is 94.8 cm³/mol. The van der Waals surface area contributed by atoms with Crippen LogP contribution in [0.3, 0.4) is 0 Å². The molecule has 0 spiro atoms. The topological polar surface area (TPSA) is 59.1 Å². The average Bonchev–Trinajstić information content (AvgIpc) is 3.07. The van der Waals surface area contributed by atoms with Crippen LogP contribution in [0, 0.1) is 0 Å². The number of hydrogen-bond acceptors (Lipinski definition) is 10. The zero-order chi connectivity index (χ0) is 16.3. The fraction of sp³-hybridized carbons (Fsp3) is 0.833. The summed E-state index contributed by atoms with van der Waals surface area (Å²) in [5.74, 6) is -0.0750. The summed E-state index contributed by atoms with van der Waals surface area (Å²) in [4.78, 5) is 27.9. The molecule has 2 fully saturated rings. The van der Waals surface area contributed by atoms with Crippen molar-refractivity contribution in [2.75, 3.05) is 39.7 Å². The number of esters is 2. The zero-order valence-electron chi connectivity index (χ0n) is 12.9. The summed E-state index contributed by atoms with van der Waals surface area (Å²) in [5, 5.41) is 0. The van der Waals surface area contributed by atoms with Crippen LogP contribution >= 0.6 is 43.2 Å². The highest BCUT2D eigenvalue weighted by Gasteiger charge is 2.38. The third-order valence-corrected chi connectivity index (χ3v) is 8.57. The van der Waals surface area contributed by atoms with E-state index in [-0.39, 0.29) is 23.0 Å². The molecule has 0 aliphatic carbocycles. The fourth-order valence-electron chi connectivity index (χ4n) is 1.93. The van der Waals surface area contributed by atoms with E-state index < -0.39 is 11.9 Å². The van der Waals surface area contributed by atoms with Crippen molar-refractivity contribution in [3.63, 3.8) is 0 Å². The molecule has 0 bridgehead atoms. The van der Waals surface area contributed by atoms with E-state index in [1.165, 1.54) is 21.6 Å². The van der Waals surface area contributed by atoms with Gasteiger partial charge in [-0.25, -0.2) is 9.59 Å². The van der Waals surface area contributed by atoms with Crippen LogP contribution in [0.1, 0.15) is 0 Å². The molecule has 0 aromatic heterocycles.